The van der Waals surface area contributed by atoms with E-state index in [4.69, 9.17) is 13.9 Å². The molecule has 21 heavy (non-hydrogen) atoms. The molecule has 2 aromatic rings. The van der Waals surface area contributed by atoms with Crippen molar-refractivity contribution in [2.24, 2.45) is 0 Å². The molecule has 0 unspecified atom stereocenters. The van der Waals surface area contributed by atoms with Crippen molar-refractivity contribution in [2.45, 2.75) is 20.4 Å². The molecule has 1 amide bonds. The molecule has 0 aliphatic rings. The van der Waals surface area contributed by atoms with Gasteiger partial charge in [-0.1, -0.05) is 0 Å². The van der Waals surface area contributed by atoms with Crippen LogP contribution in [0.1, 0.15) is 27.7 Å². The molecule has 1 aromatic heterocycles. The highest BCUT2D eigenvalue weighted by Crippen LogP contribution is 2.22. The van der Waals surface area contributed by atoms with Crippen LogP contribution in [-0.4, -0.2) is 25.1 Å². The van der Waals surface area contributed by atoms with Gasteiger partial charge >= 0.3 is 0 Å². The Kier molecular flexibility index (Phi) is 4.47. The number of aromatic nitrogens is 1. The molecule has 1 heterocycles. The van der Waals surface area contributed by atoms with Crippen molar-refractivity contribution in [3.63, 3.8) is 0 Å². The first-order chi connectivity index (χ1) is 10.0. The van der Waals surface area contributed by atoms with Gasteiger partial charge in [-0.2, -0.15) is 0 Å². The summed E-state index contributed by atoms with van der Waals surface area (Å²) in [4.78, 5) is 16.3. The number of hydrogen-bond donors (Lipinski definition) is 1. The van der Waals surface area contributed by atoms with Crippen LogP contribution in [0.4, 0.5) is 0 Å². The lowest BCUT2D eigenvalue weighted by Crippen LogP contribution is -2.23. The van der Waals surface area contributed by atoms with Gasteiger partial charge in [-0.3, -0.25) is 4.79 Å². The third kappa shape index (κ3) is 3.53. The molecule has 112 valence electrons. The Balaban J connectivity index is 2.11. The second-order valence-electron chi connectivity index (χ2n) is 4.53. The van der Waals surface area contributed by atoms with Crippen molar-refractivity contribution in [2.75, 3.05) is 14.2 Å². The summed E-state index contributed by atoms with van der Waals surface area (Å²) in [6.45, 7) is 3.89. The summed E-state index contributed by atoms with van der Waals surface area (Å²) in [5.41, 5.74) is 1.23. The molecular weight excluding hydrogens is 272 g/mol. The molecule has 0 spiro atoms. The van der Waals surface area contributed by atoms with E-state index in [2.05, 4.69) is 10.3 Å². The molecule has 0 bridgehead atoms. The van der Waals surface area contributed by atoms with Crippen LogP contribution in [0.2, 0.25) is 0 Å². The van der Waals surface area contributed by atoms with Crippen molar-refractivity contribution in [1.82, 2.24) is 10.3 Å². The van der Waals surface area contributed by atoms with Crippen LogP contribution >= 0.6 is 0 Å². The molecule has 0 fully saturated rings. The lowest BCUT2D eigenvalue weighted by molar-refractivity contribution is 0.0947. The van der Waals surface area contributed by atoms with Gasteiger partial charge in [-0.25, -0.2) is 4.98 Å². The van der Waals surface area contributed by atoms with Gasteiger partial charge in [-0.15, -0.1) is 0 Å². The van der Waals surface area contributed by atoms with Crippen LogP contribution < -0.4 is 14.8 Å². The molecule has 2 rings (SSSR count). The van der Waals surface area contributed by atoms with E-state index in [1.165, 1.54) is 14.2 Å². The van der Waals surface area contributed by atoms with Gasteiger partial charge in [0.2, 0.25) is 0 Å². The van der Waals surface area contributed by atoms with E-state index >= 15 is 0 Å². The normalized spacial score (nSPS) is 10.3. The molecule has 1 N–H and O–H groups in total. The molecular formula is C15H18N2O4. The second-order valence-corrected chi connectivity index (χ2v) is 4.53. The van der Waals surface area contributed by atoms with Crippen molar-refractivity contribution >= 4 is 5.91 Å². The Morgan fingerprint density at radius 2 is 1.81 bits per heavy atom. The van der Waals surface area contributed by atoms with Gasteiger partial charge in [0.25, 0.3) is 5.91 Å². The number of nitrogens with one attached hydrogen (secondary N) is 1. The Labute approximate surface area is 123 Å². The molecule has 0 aliphatic heterocycles. The number of methoxy groups -OCH3 is 2. The van der Waals surface area contributed by atoms with Gasteiger partial charge in [0, 0.05) is 18.6 Å². The standard InChI is InChI=1S/C15H18N2O4/c1-9-14(21-10(2)17-9)8-16-15(18)11-5-12(19-3)7-13(6-11)20-4/h5-7H,8H2,1-4H3,(H,16,18). The summed E-state index contributed by atoms with van der Waals surface area (Å²) in [6, 6.07) is 5.01. The first-order valence-corrected chi connectivity index (χ1v) is 6.47. The third-order valence-corrected chi connectivity index (χ3v) is 3.02. The van der Waals surface area contributed by atoms with E-state index in [1.807, 2.05) is 6.92 Å². The van der Waals surface area contributed by atoms with Crippen molar-refractivity contribution in [3.05, 3.63) is 41.1 Å². The molecule has 0 radical (unpaired) electrons. The minimum Gasteiger partial charge on any atom is -0.497 e. The number of ether oxygens (including phenoxy) is 2. The minimum atomic E-state index is -0.236. The Morgan fingerprint density at radius 3 is 2.29 bits per heavy atom. The summed E-state index contributed by atoms with van der Waals surface area (Å²) < 4.78 is 15.7. The van der Waals surface area contributed by atoms with Crippen LogP contribution in [0.25, 0.3) is 0 Å². The van der Waals surface area contributed by atoms with E-state index < -0.39 is 0 Å². The Bertz CT molecular complexity index is 627. The minimum absolute atomic E-state index is 0.236. The highest BCUT2D eigenvalue weighted by molar-refractivity contribution is 5.95. The highest BCUT2D eigenvalue weighted by atomic mass is 16.5. The average Bonchev–Trinajstić information content (AvgIpc) is 2.81. The van der Waals surface area contributed by atoms with Crippen LogP contribution in [-0.2, 0) is 6.54 Å². The topological polar surface area (TPSA) is 73.6 Å². The average molecular weight is 290 g/mol. The van der Waals surface area contributed by atoms with E-state index in [0.29, 0.717) is 28.7 Å². The lowest BCUT2D eigenvalue weighted by atomic mass is 10.2. The summed E-state index contributed by atoms with van der Waals surface area (Å²) in [5, 5.41) is 2.79. The summed E-state index contributed by atoms with van der Waals surface area (Å²) >= 11 is 0. The fraction of sp³-hybridized carbons (Fsp3) is 0.333. The van der Waals surface area contributed by atoms with E-state index in [0.717, 1.165) is 5.69 Å². The van der Waals surface area contributed by atoms with Crippen molar-refractivity contribution < 1.29 is 18.7 Å². The monoisotopic (exact) mass is 290 g/mol. The number of hydrogen-bond acceptors (Lipinski definition) is 5. The zero-order valence-corrected chi connectivity index (χ0v) is 12.5. The highest BCUT2D eigenvalue weighted by Gasteiger charge is 2.12. The van der Waals surface area contributed by atoms with Crippen LogP contribution in [0.5, 0.6) is 11.5 Å². The summed E-state index contributed by atoms with van der Waals surface area (Å²) in [7, 11) is 3.08. The van der Waals surface area contributed by atoms with Gasteiger partial charge in [-0.05, 0) is 19.1 Å². The summed E-state index contributed by atoms with van der Waals surface area (Å²) in [5.74, 6) is 2.12. The zero-order valence-electron chi connectivity index (χ0n) is 12.5. The second kappa shape index (κ2) is 6.30. The number of rotatable bonds is 5. The molecule has 0 atom stereocenters. The lowest BCUT2D eigenvalue weighted by Gasteiger charge is -2.08. The van der Waals surface area contributed by atoms with E-state index in [-0.39, 0.29) is 12.5 Å². The first-order valence-electron chi connectivity index (χ1n) is 6.47. The fourth-order valence-electron chi connectivity index (χ4n) is 1.94. The zero-order chi connectivity index (χ0) is 15.4. The quantitative estimate of drug-likeness (QED) is 0.914. The number of nitrogens with zero attached hydrogens (tertiary/aromatic N) is 1. The number of carbonyl (C=O) groups excluding carboxylic acids is 1. The number of amides is 1. The maximum atomic E-state index is 12.2. The maximum absolute atomic E-state index is 12.2. The van der Waals surface area contributed by atoms with Crippen LogP contribution in [0.15, 0.2) is 22.6 Å². The van der Waals surface area contributed by atoms with E-state index in [1.54, 1.807) is 25.1 Å². The maximum Gasteiger partial charge on any atom is 0.251 e. The number of oxazole rings is 1. The Morgan fingerprint density at radius 1 is 1.19 bits per heavy atom. The number of carbonyl (C=O) groups is 1. The van der Waals surface area contributed by atoms with Crippen molar-refractivity contribution in [1.29, 1.82) is 0 Å². The summed E-state index contributed by atoms with van der Waals surface area (Å²) in [6.07, 6.45) is 0. The molecule has 0 saturated heterocycles. The number of aryl methyl sites for hydroxylation is 2. The van der Waals surface area contributed by atoms with Gasteiger partial charge in [0.05, 0.1) is 26.5 Å². The van der Waals surface area contributed by atoms with Gasteiger partial charge < -0.3 is 19.2 Å². The number of benzene rings is 1. The molecule has 6 heteroatoms. The predicted octanol–water partition coefficient (Wildman–Crippen LogP) is 2.24. The molecule has 0 aliphatic carbocycles. The van der Waals surface area contributed by atoms with Crippen LogP contribution in [0.3, 0.4) is 0 Å². The fourth-order valence-corrected chi connectivity index (χ4v) is 1.94. The molecule has 0 saturated carbocycles. The van der Waals surface area contributed by atoms with Gasteiger partial charge in [0.1, 0.15) is 17.3 Å². The molecule has 6 nitrogen and oxygen atoms in total. The predicted molar refractivity (Wildman–Crippen MR) is 76.7 cm³/mol. The third-order valence-electron chi connectivity index (χ3n) is 3.02. The van der Waals surface area contributed by atoms with Crippen molar-refractivity contribution in [3.8, 4) is 11.5 Å². The van der Waals surface area contributed by atoms with Gasteiger partial charge in [0.15, 0.2) is 5.89 Å². The first kappa shape index (κ1) is 14.9. The molecule has 1 aromatic carbocycles. The Hall–Kier alpha value is -2.50. The SMILES string of the molecule is COc1cc(OC)cc(C(=O)NCc2oc(C)nc2C)c1. The van der Waals surface area contributed by atoms with E-state index in [9.17, 15) is 4.79 Å². The largest absolute Gasteiger partial charge is 0.497 e. The van der Waals surface area contributed by atoms with Crippen LogP contribution in [0, 0.1) is 13.8 Å². The smallest absolute Gasteiger partial charge is 0.251 e.